The van der Waals surface area contributed by atoms with E-state index in [-0.39, 0.29) is 0 Å². The summed E-state index contributed by atoms with van der Waals surface area (Å²) in [7, 11) is -8.89. The fraction of sp³-hybridized carbons (Fsp3) is 0.143. The van der Waals surface area contributed by atoms with Gasteiger partial charge < -0.3 is 4.55 Å². The first-order valence-electron chi connectivity index (χ1n) is 8.91. The van der Waals surface area contributed by atoms with Crippen molar-refractivity contribution >= 4 is 33.3 Å². The van der Waals surface area contributed by atoms with Crippen molar-refractivity contribution in [2.45, 2.75) is 11.7 Å². The molecule has 0 N–H and O–H groups in total. The molecule has 0 saturated heterocycles. The third kappa shape index (κ3) is 6.54. The van der Waals surface area contributed by atoms with Gasteiger partial charge in [-0.1, -0.05) is 54.6 Å². The Morgan fingerprint density at radius 1 is 0.625 bits per heavy atom. The molecule has 0 spiro atoms. The fourth-order valence-electron chi connectivity index (χ4n) is 3.04. The molecule has 0 aliphatic heterocycles. The highest BCUT2D eigenvalue weighted by atomic mass is 32.2. The number of hydrogen-bond donors (Lipinski definition) is 0. The number of rotatable bonds is 4. The third-order valence-corrected chi connectivity index (χ3v) is 9.23. The van der Waals surface area contributed by atoms with Gasteiger partial charge in [0.15, 0.2) is 16.3 Å². The summed E-state index contributed by atoms with van der Waals surface area (Å²) in [5.74, 6) is 0. The van der Waals surface area contributed by atoms with Gasteiger partial charge in [0.1, 0.15) is 23.2 Å². The van der Waals surface area contributed by atoms with Crippen LogP contribution in [0.4, 0.5) is 26.3 Å². The van der Waals surface area contributed by atoms with Gasteiger partial charge in [0.2, 0.25) is 0 Å². The molecule has 0 heterocycles. The molecule has 0 radical (unpaired) electrons. The van der Waals surface area contributed by atoms with E-state index < -0.39 is 35.2 Å². The maximum atomic E-state index is 13.6. The molecule has 0 aromatic heterocycles. The van der Waals surface area contributed by atoms with Gasteiger partial charge in [-0.25, -0.2) is 8.42 Å². The summed E-state index contributed by atoms with van der Waals surface area (Å²) >= 11 is 0. The highest BCUT2D eigenvalue weighted by Gasteiger charge is 2.53. The monoisotopic (exact) mass is 494 g/mol. The highest BCUT2D eigenvalue weighted by molar-refractivity contribution is 7.95. The zero-order valence-corrected chi connectivity index (χ0v) is 17.9. The van der Waals surface area contributed by atoms with Crippen LogP contribution in [0.3, 0.4) is 0 Å². The first kappa shape index (κ1) is 25.8. The average Bonchev–Trinajstić information content (AvgIpc) is 2.72. The van der Waals surface area contributed by atoms with E-state index in [1.54, 1.807) is 0 Å². The van der Waals surface area contributed by atoms with Crippen molar-refractivity contribution < 1.29 is 39.3 Å². The molecule has 0 aliphatic carbocycles. The summed E-state index contributed by atoms with van der Waals surface area (Å²) in [6.45, 7) is 0. The van der Waals surface area contributed by atoms with Gasteiger partial charge in [-0.05, 0) is 36.4 Å². The van der Waals surface area contributed by atoms with E-state index in [9.17, 15) is 26.3 Å². The first-order chi connectivity index (χ1) is 14.8. The van der Waals surface area contributed by atoms with Crippen LogP contribution >= 0.6 is 7.26 Å². The Hall–Kier alpha value is -2.42. The smallest absolute Gasteiger partial charge is 0.485 e. The van der Waals surface area contributed by atoms with Crippen LogP contribution in [0.1, 0.15) is 0 Å². The Kier molecular flexibility index (Phi) is 8.09. The second-order valence-corrected chi connectivity index (χ2v) is 11.3. The Bertz CT molecular complexity index is 990. The van der Waals surface area contributed by atoms with Gasteiger partial charge in [-0.15, -0.1) is 0 Å². The molecular weight excluding hydrogens is 477 g/mol. The molecule has 0 amide bonds. The van der Waals surface area contributed by atoms with Gasteiger partial charge in [0.05, 0.1) is 0 Å². The van der Waals surface area contributed by atoms with E-state index in [2.05, 4.69) is 0 Å². The van der Waals surface area contributed by atoms with Crippen molar-refractivity contribution in [2.24, 2.45) is 0 Å². The molecule has 0 saturated carbocycles. The lowest BCUT2D eigenvalue weighted by Crippen LogP contribution is -2.37. The van der Waals surface area contributed by atoms with Crippen molar-refractivity contribution in [1.82, 2.24) is 0 Å². The third-order valence-electron chi connectivity index (χ3n) is 4.29. The molecule has 0 unspecified atom stereocenters. The lowest BCUT2D eigenvalue weighted by molar-refractivity contribution is -0.106. The molecule has 0 atom stereocenters. The van der Waals surface area contributed by atoms with Crippen LogP contribution in [0.25, 0.3) is 0 Å². The molecular formula is C21H17F6O3PS. The van der Waals surface area contributed by atoms with Crippen molar-refractivity contribution in [2.75, 3.05) is 6.16 Å². The minimum Gasteiger partial charge on any atom is -0.741 e. The number of hydrogen-bond acceptors (Lipinski definition) is 3. The first-order valence-corrected chi connectivity index (χ1v) is 12.3. The summed E-state index contributed by atoms with van der Waals surface area (Å²) in [6.07, 6.45) is -5.09. The van der Waals surface area contributed by atoms with Gasteiger partial charge in [-0.3, -0.25) is 0 Å². The molecule has 3 nitrogen and oxygen atoms in total. The minimum absolute atomic E-state index is 0.750. The van der Waals surface area contributed by atoms with E-state index >= 15 is 0 Å². The topological polar surface area (TPSA) is 57.2 Å². The summed E-state index contributed by atoms with van der Waals surface area (Å²) < 4.78 is 99.8. The second kappa shape index (κ2) is 10.0. The maximum Gasteiger partial charge on any atom is 0.485 e. The zero-order valence-electron chi connectivity index (χ0n) is 16.2. The number of alkyl halides is 6. The SMILES string of the molecule is FC(F)(F)C[P+](c1ccccc1)(c1ccccc1)c1ccccc1.O=S(=O)([O-])C(F)(F)F. The highest BCUT2D eigenvalue weighted by Crippen LogP contribution is 2.58. The Morgan fingerprint density at radius 3 is 1.06 bits per heavy atom. The van der Waals surface area contributed by atoms with E-state index in [0.717, 1.165) is 15.9 Å². The summed E-state index contributed by atoms with van der Waals surface area (Å²) in [5.41, 5.74) is -5.65. The molecule has 0 bridgehead atoms. The van der Waals surface area contributed by atoms with Crippen LogP contribution < -0.4 is 15.9 Å². The van der Waals surface area contributed by atoms with E-state index in [4.69, 9.17) is 13.0 Å². The van der Waals surface area contributed by atoms with Crippen molar-refractivity contribution in [3.8, 4) is 0 Å². The summed E-state index contributed by atoms with van der Waals surface area (Å²) in [5, 5.41) is 2.25. The van der Waals surface area contributed by atoms with E-state index in [1.165, 1.54) is 0 Å². The Labute approximate surface area is 181 Å². The summed E-state index contributed by atoms with van der Waals surface area (Å²) in [6, 6.07) is 27.3. The molecule has 32 heavy (non-hydrogen) atoms. The van der Waals surface area contributed by atoms with Gasteiger partial charge in [0.25, 0.3) is 0 Å². The summed E-state index contributed by atoms with van der Waals surface area (Å²) in [4.78, 5) is 0. The van der Waals surface area contributed by atoms with Gasteiger partial charge in [0, 0.05) is 0 Å². The van der Waals surface area contributed by atoms with Gasteiger partial charge >= 0.3 is 11.7 Å². The standard InChI is InChI=1S/C20H17F3P.CHF3O3S/c21-20(22,23)16-24(17-10-4-1-5-11-17,18-12-6-2-7-13-18)19-14-8-3-9-15-19;2-1(3,4)8(5,6)7/h1-15H,16H2;(H,5,6,7)/q+1;/p-1. The van der Waals surface area contributed by atoms with Crippen LogP contribution in [-0.4, -0.2) is 30.8 Å². The number of benzene rings is 3. The number of halogens is 6. The molecule has 11 heteroatoms. The second-order valence-electron chi connectivity index (χ2n) is 6.49. The van der Waals surface area contributed by atoms with Crippen LogP contribution in [0.15, 0.2) is 91.0 Å². The molecule has 0 fully saturated rings. The molecule has 3 aromatic carbocycles. The van der Waals surface area contributed by atoms with Gasteiger partial charge in [-0.2, -0.15) is 26.3 Å². The van der Waals surface area contributed by atoms with Crippen molar-refractivity contribution in [3.63, 3.8) is 0 Å². The lowest BCUT2D eigenvalue weighted by Gasteiger charge is -2.28. The molecule has 0 aliphatic rings. The fourth-order valence-corrected chi connectivity index (χ4v) is 7.06. The quantitative estimate of drug-likeness (QED) is 0.231. The zero-order chi connectivity index (χ0) is 24.0. The van der Waals surface area contributed by atoms with Crippen LogP contribution in [0.5, 0.6) is 0 Å². The lowest BCUT2D eigenvalue weighted by atomic mass is 10.4. The average molecular weight is 494 g/mol. The van der Waals surface area contributed by atoms with Crippen molar-refractivity contribution in [1.29, 1.82) is 0 Å². The van der Waals surface area contributed by atoms with Crippen LogP contribution in [-0.2, 0) is 10.1 Å². The normalized spacial score (nSPS) is 12.6. The van der Waals surface area contributed by atoms with Crippen LogP contribution in [0, 0.1) is 0 Å². The maximum absolute atomic E-state index is 13.6. The Balaban J connectivity index is 0.000000390. The predicted octanol–water partition coefficient (Wildman–Crippen LogP) is 4.59. The molecule has 3 rings (SSSR count). The minimum atomic E-state index is -6.09. The van der Waals surface area contributed by atoms with Crippen molar-refractivity contribution in [3.05, 3.63) is 91.0 Å². The van der Waals surface area contributed by atoms with E-state index in [1.807, 2.05) is 91.0 Å². The van der Waals surface area contributed by atoms with E-state index in [0.29, 0.717) is 0 Å². The molecule has 3 aromatic rings. The molecule has 172 valence electrons. The largest absolute Gasteiger partial charge is 0.741 e. The Morgan fingerprint density at radius 2 is 0.875 bits per heavy atom. The predicted molar refractivity (Wildman–Crippen MR) is 112 cm³/mol. The van der Waals surface area contributed by atoms with Crippen LogP contribution in [0.2, 0.25) is 0 Å².